The molecule has 1 N–H and O–H groups in total. The van der Waals surface area contributed by atoms with Crippen LogP contribution in [-0.4, -0.2) is 59.7 Å². The molecule has 2 fully saturated rings. The van der Waals surface area contributed by atoms with Crippen LogP contribution in [0.4, 0.5) is 0 Å². The van der Waals surface area contributed by atoms with Gasteiger partial charge in [0.1, 0.15) is 6.04 Å². The van der Waals surface area contributed by atoms with Crippen LogP contribution in [0, 0.1) is 0 Å². The van der Waals surface area contributed by atoms with Gasteiger partial charge in [0.15, 0.2) is 0 Å². The molecule has 124 valence electrons. The lowest BCUT2D eigenvalue weighted by Crippen LogP contribution is -2.46. The van der Waals surface area contributed by atoms with Crippen molar-refractivity contribution in [2.45, 2.75) is 31.7 Å². The van der Waals surface area contributed by atoms with Gasteiger partial charge in [-0.25, -0.2) is 0 Å². The third-order valence-electron chi connectivity index (χ3n) is 4.36. The summed E-state index contributed by atoms with van der Waals surface area (Å²) in [5.74, 6) is 0.0604. The first-order chi connectivity index (χ1) is 11.1. The highest BCUT2D eigenvalue weighted by molar-refractivity contribution is 7.10. The molecule has 0 saturated carbocycles. The number of carbonyl (C=O) groups excluding carboxylic acids is 3. The van der Waals surface area contributed by atoms with Gasteiger partial charge in [0.05, 0.1) is 6.42 Å². The predicted molar refractivity (Wildman–Crippen MR) is 87.0 cm³/mol. The molecule has 0 aromatic carbocycles. The maximum atomic E-state index is 12.4. The van der Waals surface area contributed by atoms with Crippen molar-refractivity contribution < 1.29 is 14.4 Å². The summed E-state index contributed by atoms with van der Waals surface area (Å²) in [5, 5.41) is 4.70. The molecule has 2 aliphatic heterocycles. The van der Waals surface area contributed by atoms with Gasteiger partial charge in [-0.15, -0.1) is 11.3 Å². The SMILES string of the molecule is O=C1CCC(C(=O)N2CCCN(C(=O)Cc3cccs3)CC2)N1. The Balaban J connectivity index is 1.53. The molecule has 2 aliphatic rings. The van der Waals surface area contributed by atoms with Crippen molar-refractivity contribution in [2.24, 2.45) is 0 Å². The van der Waals surface area contributed by atoms with Gasteiger partial charge < -0.3 is 15.1 Å². The first-order valence-electron chi connectivity index (χ1n) is 8.02. The number of nitrogens with zero attached hydrogens (tertiary/aromatic N) is 2. The molecule has 1 unspecified atom stereocenters. The fraction of sp³-hybridized carbons (Fsp3) is 0.562. The molecule has 2 saturated heterocycles. The Morgan fingerprint density at radius 3 is 2.70 bits per heavy atom. The van der Waals surface area contributed by atoms with E-state index in [4.69, 9.17) is 0 Å². The minimum atomic E-state index is -0.379. The average molecular weight is 335 g/mol. The van der Waals surface area contributed by atoms with E-state index < -0.39 is 0 Å². The fourth-order valence-corrected chi connectivity index (χ4v) is 3.78. The van der Waals surface area contributed by atoms with E-state index in [9.17, 15) is 14.4 Å². The molecule has 6 nitrogen and oxygen atoms in total. The molecule has 0 spiro atoms. The van der Waals surface area contributed by atoms with Gasteiger partial charge in [0.25, 0.3) is 0 Å². The van der Waals surface area contributed by atoms with E-state index in [0.717, 1.165) is 11.3 Å². The second kappa shape index (κ2) is 7.12. The lowest BCUT2D eigenvalue weighted by Gasteiger charge is -2.24. The second-order valence-electron chi connectivity index (χ2n) is 5.97. The minimum absolute atomic E-state index is 0.0107. The summed E-state index contributed by atoms with van der Waals surface area (Å²) in [6, 6.07) is 3.54. The summed E-state index contributed by atoms with van der Waals surface area (Å²) in [6.07, 6.45) is 2.22. The fourth-order valence-electron chi connectivity index (χ4n) is 3.08. The van der Waals surface area contributed by atoms with Crippen LogP contribution in [0.1, 0.15) is 24.1 Å². The molecule has 0 aliphatic carbocycles. The van der Waals surface area contributed by atoms with Crippen molar-refractivity contribution in [2.75, 3.05) is 26.2 Å². The number of hydrogen-bond donors (Lipinski definition) is 1. The van der Waals surface area contributed by atoms with Crippen LogP contribution in [0.2, 0.25) is 0 Å². The smallest absolute Gasteiger partial charge is 0.245 e. The van der Waals surface area contributed by atoms with Crippen LogP contribution in [0.15, 0.2) is 17.5 Å². The van der Waals surface area contributed by atoms with Crippen LogP contribution in [0.5, 0.6) is 0 Å². The quantitative estimate of drug-likeness (QED) is 0.881. The molecule has 0 bridgehead atoms. The number of rotatable bonds is 3. The molecule has 0 radical (unpaired) electrons. The number of amides is 3. The largest absolute Gasteiger partial charge is 0.344 e. The molecule has 23 heavy (non-hydrogen) atoms. The summed E-state index contributed by atoms with van der Waals surface area (Å²) in [4.78, 5) is 40.8. The van der Waals surface area contributed by atoms with Crippen molar-refractivity contribution in [3.8, 4) is 0 Å². The normalized spacial score (nSPS) is 21.9. The highest BCUT2D eigenvalue weighted by atomic mass is 32.1. The predicted octanol–water partition coefficient (Wildman–Crippen LogP) is 0.630. The van der Waals surface area contributed by atoms with E-state index in [0.29, 0.717) is 45.4 Å². The van der Waals surface area contributed by atoms with Gasteiger partial charge in [0.2, 0.25) is 17.7 Å². The molecule has 1 aromatic heterocycles. The van der Waals surface area contributed by atoms with Gasteiger partial charge in [-0.2, -0.15) is 0 Å². The van der Waals surface area contributed by atoms with E-state index in [-0.39, 0.29) is 23.8 Å². The van der Waals surface area contributed by atoms with Crippen LogP contribution in [0.25, 0.3) is 0 Å². The first-order valence-corrected chi connectivity index (χ1v) is 8.90. The number of carbonyl (C=O) groups is 3. The van der Waals surface area contributed by atoms with Crippen molar-refractivity contribution in [3.05, 3.63) is 22.4 Å². The lowest BCUT2D eigenvalue weighted by molar-refractivity contribution is -0.135. The van der Waals surface area contributed by atoms with Crippen molar-refractivity contribution in [1.29, 1.82) is 0 Å². The van der Waals surface area contributed by atoms with E-state index >= 15 is 0 Å². The summed E-state index contributed by atoms with van der Waals surface area (Å²) >= 11 is 1.59. The van der Waals surface area contributed by atoms with Gasteiger partial charge in [-0.3, -0.25) is 14.4 Å². The Morgan fingerprint density at radius 1 is 1.22 bits per heavy atom. The molecule has 1 aromatic rings. The average Bonchev–Trinajstić information content (AvgIpc) is 3.12. The Kier molecular flexibility index (Phi) is 4.95. The Morgan fingerprint density at radius 2 is 2.00 bits per heavy atom. The number of hydrogen-bond acceptors (Lipinski definition) is 4. The van der Waals surface area contributed by atoms with Crippen LogP contribution < -0.4 is 5.32 Å². The summed E-state index contributed by atoms with van der Waals surface area (Å²) in [7, 11) is 0. The second-order valence-corrected chi connectivity index (χ2v) is 7.01. The molecular formula is C16H21N3O3S. The van der Waals surface area contributed by atoms with E-state index in [1.807, 2.05) is 22.4 Å². The zero-order valence-electron chi connectivity index (χ0n) is 13.0. The summed E-state index contributed by atoms with van der Waals surface area (Å²) in [5.41, 5.74) is 0. The maximum absolute atomic E-state index is 12.4. The summed E-state index contributed by atoms with van der Waals surface area (Å²) < 4.78 is 0. The third kappa shape index (κ3) is 3.90. The molecular weight excluding hydrogens is 314 g/mol. The Bertz CT molecular complexity index is 587. The third-order valence-corrected chi connectivity index (χ3v) is 5.24. The van der Waals surface area contributed by atoms with Gasteiger partial charge in [-0.05, 0) is 24.3 Å². The van der Waals surface area contributed by atoms with Crippen LogP contribution in [0.3, 0.4) is 0 Å². The van der Waals surface area contributed by atoms with E-state index in [1.54, 1.807) is 16.2 Å². The molecule has 3 heterocycles. The highest BCUT2D eigenvalue weighted by Gasteiger charge is 2.31. The van der Waals surface area contributed by atoms with Crippen molar-refractivity contribution in [1.82, 2.24) is 15.1 Å². The van der Waals surface area contributed by atoms with Gasteiger partial charge >= 0.3 is 0 Å². The maximum Gasteiger partial charge on any atom is 0.245 e. The molecule has 7 heteroatoms. The monoisotopic (exact) mass is 335 g/mol. The van der Waals surface area contributed by atoms with E-state index in [2.05, 4.69) is 5.32 Å². The van der Waals surface area contributed by atoms with Gasteiger partial charge in [-0.1, -0.05) is 6.07 Å². The van der Waals surface area contributed by atoms with Crippen molar-refractivity contribution >= 4 is 29.1 Å². The topological polar surface area (TPSA) is 69.7 Å². The highest BCUT2D eigenvalue weighted by Crippen LogP contribution is 2.14. The minimum Gasteiger partial charge on any atom is -0.344 e. The lowest BCUT2D eigenvalue weighted by atomic mass is 10.2. The van der Waals surface area contributed by atoms with Crippen LogP contribution >= 0.6 is 11.3 Å². The molecule has 3 rings (SSSR count). The number of thiophene rings is 1. The van der Waals surface area contributed by atoms with Gasteiger partial charge in [0, 0.05) is 37.5 Å². The molecule has 1 atom stereocenters. The zero-order chi connectivity index (χ0) is 16.2. The Hall–Kier alpha value is -1.89. The first kappa shape index (κ1) is 16.0. The zero-order valence-corrected chi connectivity index (χ0v) is 13.8. The van der Waals surface area contributed by atoms with Crippen LogP contribution in [-0.2, 0) is 20.8 Å². The molecule has 3 amide bonds. The van der Waals surface area contributed by atoms with Crippen molar-refractivity contribution in [3.63, 3.8) is 0 Å². The number of nitrogens with one attached hydrogen (secondary N) is 1. The summed E-state index contributed by atoms with van der Waals surface area (Å²) in [6.45, 7) is 2.44. The van der Waals surface area contributed by atoms with E-state index in [1.165, 1.54) is 0 Å². The standard InChI is InChI=1S/C16H21N3O3S/c20-14-5-4-13(17-14)16(22)19-7-2-6-18(8-9-19)15(21)11-12-3-1-10-23-12/h1,3,10,13H,2,4-9,11H2,(H,17,20). The Labute approximate surface area is 139 Å².